The van der Waals surface area contributed by atoms with Crippen LogP contribution in [0.5, 0.6) is 5.75 Å². The average molecular weight is 263 g/mol. The smallest absolute Gasteiger partial charge is 0.121 e. The van der Waals surface area contributed by atoms with Gasteiger partial charge in [0.05, 0.1) is 23.7 Å². The van der Waals surface area contributed by atoms with Crippen molar-refractivity contribution >= 4 is 16.6 Å². The summed E-state index contributed by atoms with van der Waals surface area (Å²) in [6, 6.07) is 5.83. The highest BCUT2D eigenvalue weighted by Crippen LogP contribution is 2.28. The Morgan fingerprint density at radius 3 is 3.26 bits per heavy atom. The van der Waals surface area contributed by atoms with Gasteiger partial charge < -0.3 is 15.8 Å². The third-order valence-electron chi connectivity index (χ3n) is 2.90. The van der Waals surface area contributed by atoms with Crippen LogP contribution in [-0.2, 0) is 0 Å². The van der Waals surface area contributed by atoms with E-state index in [1.807, 2.05) is 6.07 Å². The standard InChI is InChI=1S/C15H21N3O/c1-11(5-3-7-16)18-14-10-13(19-2)9-12-6-4-8-17-15(12)14/h4,6,8-11,18H,3,5,7,16H2,1-2H3/i2D3,11D. The predicted molar refractivity (Wildman–Crippen MR) is 79.7 cm³/mol. The Bertz CT molecular complexity index is 673. The number of aromatic nitrogens is 1. The minimum atomic E-state index is -2.53. The quantitative estimate of drug-likeness (QED) is 0.841. The number of nitrogens with zero attached hydrogens (tertiary/aromatic N) is 1. The summed E-state index contributed by atoms with van der Waals surface area (Å²) in [6.07, 6.45) is 2.92. The minimum Gasteiger partial charge on any atom is -0.497 e. The minimum absolute atomic E-state index is 0.211. The Labute approximate surface area is 119 Å². The molecule has 4 nitrogen and oxygen atoms in total. The van der Waals surface area contributed by atoms with Gasteiger partial charge in [-0.25, -0.2) is 0 Å². The van der Waals surface area contributed by atoms with Gasteiger partial charge >= 0.3 is 0 Å². The molecule has 2 rings (SSSR count). The summed E-state index contributed by atoms with van der Waals surface area (Å²) in [5, 5.41) is 3.85. The van der Waals surface area contributed by atoms with Gasteiger partial charge in [0.15, 0.2) is 0 Å². The van der Waals surface area contributed by atoms with Crippen molar-refractivity contribution < 1.29 is 10.2 Å². The van der Waals surface area contributed by atoms with Crippen molar-refractivity contribution in [2.45, 2.75) is 25.8 Å². The second-order valence-corrected chi connectivity index (χ2v) is 4.45. The Balaban J connectivity index is 2.40. The number of pyridine rings is 1. The maximum absolute atomic E-state index is 8.35. The molecule has 0 saturated carbocycles. The van der Waals surface area contributed by atoms with Gasteiger partial charge in [0.1, 0.15) is 5.75 Å². The normalized spacial score (nSPS) is 17.8. The second kappa shape index (κ2) is 6.38. The van der Waals surface area contributed by atoms with Gasteiger partial charge in [0.2, 0.25) is 0 Å². The summed E-state index contributed by atoms with van der Waals surface area (Å²) in [5.41, 5.74) is 6.74. The predicted octanol–water partition coefficient (Wildman–Crippen LogP) is 2.78. The topological polar surface area (TPSA) is 60.2 Å². The number of benzene rings is 1. The Morgan fingerprint density at radius 1 is 1.58 bits per heavy atom. The number of nitrogens with one attached hydrogen (secondary N) is 1. The molecule has 0 radical (unpaired) electrons. The van der Waals surface area contributed by atoms with Crippen LogP contribution in [0.1, 0.15) is 25.2 Å². The summed E-state index contributed by atoms with van der Waals surface area (Å²) in [6.45, 7) is 2.26. The molecule has 0 saturated heterocycles. The molecule has 0 aliphatic carbocycles. The fourth-order valence-electron chi connectivity index (χ4n) is 1.98. The second-order valence-electron chi connectivity index (χ2n) is 4.45. The molecule has 0 aliphatic heterocycles. The summed E-state index contributed by atoms with van der Waals surface area (Å²) < 4.78 is 35.1. The van der Waals surface area contributed by atoms with Crippen LogP contribution in [0.15, 0.2) is 30.5 Å². The molecule has 1 atom stereocenters. The van der Waals surface area contributed by atoms with E-state index in [2.05, 4.69) is 10.3 Å². The zero-order valence-electron chi connectivity index (χ0n) is 14.9. The van der Waals surface area contributed by atoms with Gasteiger partial charge in [-0.05, 0) is 38.4 Å². The molecule has 2 aromatic rings. The van der Waals surface area contributed by atoms with Gasteiger partial charge in [-0.3, -0.25) is 4.98 Å². The van der Waals surface area contributed by atoms with Crippen LogP contribution >= 0.6 is 0 Å². The first-order valence-corrected chi connectivity index (χ1v) is 6.26. The highest BCUT2D eigenvalue weighted by atomic mass is 16.5. The number of rotatable bonds is 6. The first kappa shape index (κ1) is 9.15. The molecule has 1 aromatic carbocycles. The van der Waals surface area contributed by atoms with Crippen molar-refractivity contribution in [3.8, 4) is 5.75 Å². The first-order chi connectivity index (χ1) is 10.7. The zero-order chi connectivity index (χ0) is 17.1. The average Bonchev–Trinajstić information content (AvgIpc) is 2.43. The first-order valence-electron chi connectivity index (χ1n) is 8.26. The van der Waals surface area contributed by atoms with Gasteiger partial charge in [0, 0.05) is 23.7 Å². The van der Waals surface area contributed by atoms with Crippen LogP contribution in [0.3, 0.4) is 0 Å². The number of nitrogens with two attached hydrogens (primary N) is 1. The third-order valence-corrected chi connectivity index (χ3v) is 2.90. The summed E-state index contributed by atoms with van der Waals surface area (Å²) in [5.74, 6) is 0.211. The monoisotopic (exact) mass is 263 g/mol. The molecular formula is C15H21N3O. The van der Waals surface area contributed by atoms with E-state index in [9.17, 15) is 0 Å². The highest BCUT2D eigenvalue weighted by molar-refractivity contribution is 5.91. The van der Waals surface area contributed by atoms with Crippen molar-refractivity contribution in [2.75, 3.05) is 18.9 Å². The van der Waals surface area contributed by atoms with Crippen molar-refractivity contribution in [1.82, 2.24) is 4.98 Å². The van der Waals surface area contributed by atoms with Crippen LogP contribution in [0.2, 0.25) is 0 Å². The number of hydrogen-bond donors (Lipinski definition) is 2. The molecule has 0 fully saturated rings. The summed E-state index contributed by atoms with van der Waals surface area (Å²) >= 11 is 0. The lowest BCUT2D eigenvalue weighted by Gasteiger charge is -2.17. The van der Waals surface area contributed by atoms with Crippen molar-refractivity contribution in [3.63, 3.8) is 0 Å². The van der Waals surface area contributed by atoms with Crippen LogP contribution < -0.4 is 15.8 Å². The molecule has 4 heteroatoms. The molecule has 0 aliphatic rings. The van der Waals surface area contributed by atoms with E-state index in [0.29, 0.717) is 30.6 Å². The Kier molecular flexibility index (Phi) is 3.07. The molecule has 19 heavy (non-hydrogen) atoms. The van der Waals surface area contributed by atoms with E-state index in [4.69, 9.17) is 16.0 Å². The molecule has 0 spiro atoms. The Hall–Kier alpha value is -1.81. The number of anilines is 1. The van der Waals surface area contributed by atoms with Crippen molar-refractivity contribution in [2.24, 2.45) is 5.73 Å². The van der Waals surface area contributed by atoms with Gasteiger partial charge in [-0.15, -0.1) is 0 Å². The summed E-state index contributed by atoms with van der Waals surface area (Å²) in [7, 11) is -2.53. The van der Waals surface area contributed by atoms with Gasteiger partial charge in [-0.2, -0.15) is 0 Å². The molecule has 1 aromatic heterocycles. The van der Waals surface area contributed by atoms with E-state index in [1.54, 1.807) is 31.3 Å². The molecule has 1 heterocycles. The van der Waals surface area contributed by atoms with E-state index in [1.165, 1.54) is 0 Å². The third kappa shape index (κ3) is 3.35. The van der Waals surface area contributed by atoms with Crippen LogP contribution in [-0.4, -0.2) is 24.6 Å². The maximum Gasteiger partial charge on any atom is 0.121 e. The lowest BCUT2D eigenvalue weighted by molar-refractivity contribution is 0.415. The van der Waals surface area contributed by atoms with Crippen molar-refractivity contribution in [1.29, 1.82) is 0 Å². The molecule has 0 amide bonds. The molecule has 1 unspecified atom stereocenters. The van der Waals surface area contributed by atoms with Crippen molar-refractivity contribution in [3.05, 3.63) is 30.5 Å². The lowest BCUT2D eigenvalue weighted by atomic mass is 10.1. The maximum atomic E-state index is 8.35. The van der Waals surface area contributed by atoms with E-state index in [-0.39, 0.29) is 5.75 Å². The Morgan fingerprint density at radius 2 is 2.47 bits per heavy atom. The lowest BCUT2D eigenvalue weighted by Crippen LogP contribution is -2.17. The number of ether oxygens (including phenoxy) is 1. The molecule has 3 N–H and O–H groups in total. The SMILES string of the molecule is [2H]C(C)(CCCN)Nc1cc(OC([2H])([2H])[2H])cc2cccnc12. The van der Waals surface area contributed by atoms with Crippen LogP contribution in [0, 0.1) is 0 Å². The van der Waals surface area contributed by atoms with E-state index in [0.717, 1.165) is 5.39 Å². The fourth-order valence-corrected chi connectivity index (χ4v) is 1.98. The largest absolute Gasteiger partial charge is 0.497 e. The molecular weight excluding hydrogens is 238 g/mol. The highest BCUT2D eigenvalue weighted by Gasteiger charge is 2.08. The van der Waals surface area contributed by atoms with Crippen LogP contribution in [0.4, 0.5) is 5.69 Å². The molecule has 0 bridgehead atoms. The van der Waals surface area contributed by atoms with Gasteiger partial charge in [-0.1, -0.05) is 6.07 Å². The van der Waals surface area contributed by atoms with E-state index < -0.39 is 13.1 Å². The number of methoxy groups -OCH3 is 1. The zero-order valence-corrected chi connectivity index (χ0v) is 10.9. The number of fused-ring (bicyclic) bond motifs is 1. The summed E-state index contributed by atoms with van der Waals surface area (Å²) in [4.78, 5) is 4.32. The fraction of sp³-hybridized carbons (Fsp3) is 0.400. The molecule has 102 valence electrons. The number of hydrogen-bond acceptors (Lipinski definition) is 4. The van der Waals surface area contributed by atoms with Crippen LogP contribution in [0.25, 0.3) is 10.9 Å². The van der Waals surface area contributed by atoms with E-state index >= 15 is 0 Å². The van der Waals surface area contributed by atoms with Gasteiger partial charge in [0.25, 0.3) is 0 Å².